The number of hydrogen-bond donors (Lipinski definition) is 1. The topological polar surface area (TPSA) is 56.8 Å². The lowest BCUT2D eigenvalue weighted by molar-refractivity contribution is -0.274. The molecule has 1 amide bonds. The molecule has 0 unspecified atom stereocenters. The number of hydrogen-bond acceptors (Lipinski definition) is 4. The van der Waals surface area contributed by atoms with E-state index in [1.165, 1.54) is 24.3 Å². The maximum absolute atomic E-state index is 12.3. The van der Waals surface area contributed by atoms with Crippen LogP contribution in [0, 0.1) is 0 Å². The van der Waals surface area contributed by atoms with Crippen molar-refractivity contribution in [3.05, 3.63) is 47.5 Å². The predicted octanol–water partition coefficient (Wildman–Crippen LogP) is 3.83. The van der Waals surface area contributed by atoms with E-state index in [1.54, 1.807) is 6.07 Å². The Morgan fingerprint density at radius 3 is 2.35 bits per heavy atom. The number of anilines is 1. The van der Waals surface area contributed by atoms with Crippen LogP contribution in [-0.2, 0) is 4.79 Å². The van der Waals surface area contributed by atoms with Crippen molar-refractivity contribution in [1.82, 2.24) is 0 Å². The lowest BCUT2D eigenvalue weighted by atomic mass is 9.84. The zero-order valence-corrected chi connectivity index (χ0v) is 13.4. The summed E-state index contributed by atoms with van der Waals surface area (Å²) in [5.74, 6) is 0.381. The Morgan fingerprint density at radius 1 is 1.04 bits per heavy atom. The van der Waals surface area contributed by atoms with Crippen molar-refractivity contribution in [2.24, 2.45) is 0 Å². The molecule has 0 saturated heterocycles. The third-order valence-electron chi connectivity index (χ3n) is 4.27. The lowest BCUT2D eigenvalue weighted by Crippen LogP contribution is -2.24. The Kier molecular flexibility index (Phi) is 3.90. The van der Waals surface area contributed by atoms with Gasteiger partial charge in [-0.05, 0) is 29.3 Å². The zero-order chi connectivity index (χ0) is 18.3. The van der Waals surface area contributed by atoms with Gasteiger partial charge in [-0.1, -0.05) is 12.1 Å². The minimum absolute atomic E-state index is 0.171. The van der Waals surface area contributed by atoms with Crippen LogP contribution in [0.5, 0.6) is 17.2 Å². The Morgan fingerprint density at radius 2 is 1.69 bits per heavy atom. The van der Waals surface area contributed by atoms with Crippen LogP contribution in [0.3, 0.4) is 0 Å². The molecule has 2 aromatic rings. The minimum Gasteiger partial charge on any atom is -0.486 e. The van der Waals surface area contributed by atoms with Crippen LogP contribution in [0.2, 0.25) is 0 Å². The van der Waals surface area contributed by atoms with E-state index in [4.69, 9.17) is 9.47 Å². The highest BCUT2D eigenvalue weighted by atomic mass is 19.4. The van der Waals surface area contributed by atoms with Gasteiger partial charge in [0.2, 0.25) is 5.91 Å². The summed E-state index contributed by atoms with van der Waals surface area (Å²) >= 11 is 0. The first kappa shape index (κ1) is 16.6. The largest absolute Gasteiger partial charge is 0.573 e. The van der Waals surface area contributed by atoms with Crippen LogP contribution in [0.15, 0.2) is 36.4 Å². The number of carbonyl (C=O) groups excluding carboxylic acids is 1. The minimum atomic E-state index is -4.74. The lowest BCUT2D eigenvalue weighted by Gasteiger charge is -2.29. The van der Waals surface area contributed by atoms with E-state index in [0.29, 0.717) is 36.0 Å². The van der Waals surface area contributed by atoms with Gasteiger partial charge in [0.25, 0.3) is 0 Å². The first-order valence-corrected chi connectivity index (χ1v) is 7.98. The second kappa shape index (κ2) is 6.12. The van der Waals surface area contributed by atoms with Gasteiger partial charge in [-0.15, -0.1) is 13.2 Å². The second-order valence-electron chi connectivity index (χ2n) is 6.00. The summed E-state index contributed by atoms with van der Waals surface area (Å²) < 4.78 is 51.9. The zero-order valence-electron chi connectivity index (χ0n) is 13.4. The molecule has 26 heavy (non-hydrogen) atoms. The molecule has 8 heteroatoms. The summed E-state index contributed by atoms with van der Waals surface area (Å²) in [6.07, 6.45) is -4.55. The average molecular weight is 365 g/mol. The highest BCUT2D eigenvalue weighted by molar-refractivity contribution is 5.96. The van der Waals surface area contributed by atoms with Gasteiger partial charge in [0.15, 0.2) is 11.5 Å². The molecule has 2 aromatic carbocycles. The molecule has 5 nitrogen and oxygen atoms in total. The van der Waals surface area contributed by atoms with Crippen molar-refractivity contribution in [3.63, 3.8) is 0 Å². The molecule has 1 atom stereocenters. The van der Waals surface area contributed by atoms with Gasteiger partial charge in [0.1, 0.15) is 19.0 Å². The molecule has 1 N–H and O–H groups in total. The van der Waals surface area contributed by atoms with Gasteiger partial charge in [-0.25, -0.2) is 0 Å². The molecule has 2 heterocycles. The third-order valence-corrected chi connectivity index (χ3v) is 4.27. The fraction of sp³-hybridized carbons (Fsp3) is 0.278. The molecule has 0 aromatic heterocycles. The number of carbonyl (C=O) groups is 1. The quantitative estimate of drug-likeness (QED) is 0.879. The number of ether oxygens (including phenoxy) is 3. The Labute approximate surface area is 146 Å². The van der Waals surface area contributed by atoms with Crippen molar-refractivity contribution in [2.75, 3.05) is 18.5 Å². The molecule has 0 saturated carbocycles. The second-order valence-corrected chi connectivity index (χ2v) is 6.00. The van der Waals surface area contributed by atoms with Gasteiger partial charge >= 0.3 is 6.36 Å². The maximum Gasteiger partial charge on any atom is 0.573 e. The number of fused-ring (bicyclic) bond motifs is 2. The fourth-order valence-corrected chi connectivity index (χ4v) is 3.20. The van der Waals surface area contributed by atoms with Gasteiger partial charge in [0.05, 0.1) is 0 Å². The summed E-state index contributed by atoms with van der Waals surface area (Å²) in [6.45, 7) is 0.871. The van der Waals surface area contributed by atoms with Crippen molar-refractivity contribution >= 4 is 11.6 Å². The van der Waals surface area contributed by atoms with Crippen molar-refractivity contribution in [3.8, 4) is 17.2 Å². The number of benzene rings is 2. The molecule has 0 radical (unpaired) electrons. The van der Waals surface area contributed by atoms with E-state index in [0.717, 1.165) is 5.56 Å². The molecule has 4 rings (SSSR count). The molecular weight excluding hydrogens is 351 g/mol. The molecule has 136 valence electrons. The number of nitrogens with one attached hydrogen (secondary N) is 1. The van der Waals surface area contributed by atoms with E-state index < -0.39 is 6.36 Å². The number of rotatable bonds is 2. The van der Waals surface area contributed by atoms with E-state index in [-0.39, 0.29) is 24.0 Å². The van der Waals surface area contributed by atoms with Crippen LogP contribution in [0.4, 0.5) is 18.9 Å². The van der Waals surface area contributed by atoms with E-state index in [2.05, 4.69) is 10.1 Å². The highest BCUT2D eigenvalue weighted by Crippen LogP contribution is 2.44. The van der Waals surface area contributed by atoms with E-state index in [1.807, 2.05) is 6.07 Å². The smallest absolute Gasteiger partial charge is 0.486 e. The highest BCUT2D eigenvalue weighted by Gasteiger charge is 2.32. The number of alkyl halides is 3. The summed E-state index contributed by atoms with van der Waals surface area (Å²) in [5.41, 5.74) is 2.16. The van der Waals surface area contributed by atoms with Crippen LogP contribution >= 0.6 is 0 Å². The van der Waals surface area contributed by atoms with E-state index >= 15 is 0 Å². The molecule has 0 bridgehead atoms. The summed E-state index contributed by atoms with van der Waals surface area (Å²) in [5, 5.41) is 2.80. The molecule has 0 aliphatic carbocycles. The summed E-state index contributed by atoms with van der Waals surface area (Å²) in [4.78, 5) is 12.1. The maximum atomic E-state index is 12.3. The summed E-state index contributed by atoms with van der Waals surface area (Å²) in [7, 11) is 0. The number of halogens is 3. The monoisotopic (exact) mass is 365 g/mol. The van der Waals surface area contributed by atoms with Crippen LogP contribution in [-0.4, -0.2) is 25.5 Å². The van der Waals surface area contributed by atoms with Gasteiger partial charge in [0, 0.05) is 24.1 Å². The third kappa shape index (κ3) is 3.26. The summed E-state index contributed by atoms with van der Waals surface area (Å²) in [6, 6.07) is 9.08. The van der Waals surface area contributed by atoms with Crippen molar-refractivity contribution < 1.29 is 32.2 Å². The molecule has 2 aliphatic heterocycles. The van der Waals surface area contributed by atoms with Crippen LogP contribution in [0.25, 0.3) is 0 Å². The normalized spacial score (nSPS) is 18.7. The Balaban J connectivity index is 1.68. The number of amides is 1. The molecular formula is C18H14F3NO4. The SMILES string of the molecule is O=C1C[C@H](c2ccc(OC(F)(F)F)cc2)c2cc3c(cc2N1)OCCO3. The molecule has 2 aliphatic rings. The first-order valence-electron chi connectivity index (χ1n) is 7.98. The Hall–Kier alpha value is -2.90. The van der Waals surface area contributed by atoms with Crippen LogP contribution in [0.1, 0.15) is 23.5 Å². The van der Waals surface area contributed by atoms with Crippen molar-refractivity contribution in [1.29, 1.82) is 0 Å². The van der Waals surface area contributed by atoms with Crippen molar-refractivity contribution in [2.45, 2.75) is 18.7 Å². The average Bonchev–Trinajstić information content (AvgIpc) is 2.59. The van der Waals surface area contributed by atoms with Gasteiger partial charge in [-0.2, -0.15) is 0 Å². The fourth-order valence-electron chi connectivity index (χ4n) is 3.20. The molecule has 0 fully saturated rings. The van der Waals surface area contributed by atoms with Gasteiger partial charge < -0.3 is 19.5 Å². The van der Waals surface area contributed by atoms with E-state index in [9.17, 15) is 18.0 Å². The van der Waals surface area contributed by atoms with Gasteiger partial charge in [-0.3, -0.25) is 4.79 Å². The Bertz CT molecular complexity index is 849. The first-order chi connectivity index (χ1) is 12.4. The van der Waals surface area contributed by atoms with Crippen LogP contribution < -0.4 is 19.5 Å². The standard InChI is InChI=1S/C18H14F3NO4/c19-18(20,21)26-11-3-1-10(2-4-11)12-8-17(23)22-14-9-16-15(7-13(12)14)24-5-6-25-16/h1-4,7,9,12H,5-6,8H2,(H,22,23)/t12-/m1/s1. The predicted molar refractivity (Wildman–Crippen MR) is 85.6 cm³/mol. The molecule has 0 spiro atoms.